The number of carbonyl (C=O) groups is 1. The molecular formula is C15H12F3N3O4. The molecule has 25 heavy (non-hydrogen) atoms. The number of amides is 1. The molecule has 0 spiro atoms. The van der Waals surface area contributed by atoms with Gasteiger partial charge in [0.2, 0.25) is 5.88 Å². The molecule has 1 N–H and O–H groups in total. The Morgan fingerprint density at radius 3 is 2.60 bits per heavy atom. The van der Waals surface area contributed by atoms with Crippen LogP contribution in [0, 0.1) is 17.0 Å². The van der Waals surface area contributed by atoms with Crippen molar-refractivity contribution in [3.63, 3.8) is 0 Å². The first kappa shape index (κ1) is 18.2. The summed E-state index contributed by atoms with van der Waals surface area (Å²) in [5.41, 5.74) is 0.560. The number of hydrogen-bond donors (Lipinski definition) is 1. The Bertz CT molecular complexity index is 792. The number of aryl methyl sites for hydroxylation is 1. The minimum Gasteiger partial charge on any atom is -0.468 e. The van der Waals surface area contributed by atoms with Crippen LogP contribution in [0.4, 0.5) is 24.5 Å². The molecule has 1 aromatic carbocycles. The van der Waals surface area contributed by atoms with Gasteiger partial charge in [-0.1, -0.05) is 6.07 Å². The number of rotatable bonds is 5. The Kier molecular flexibility index (Phi) is 5.20. The molecular weight excluding hydrogens is 343 g/mol. The SMILES string of the molecule is Cc1ccc(NC(=O)c2ccc(OCC(F)(F)F)nc2)cc1[N+](=O)[O-]. The summed E-state index contributed by atoms with van der Waals surface area (Å²) in [6.45, 7) is 0.0753. The minimum atomic E-state index is -4.49. The molecule has 0 aliphatic heterocycles. The molecule has 0 atom stereocenters. The summed E-state index contributed by atoms with van der Waals surface area (Å²) in [4.78, 5) is 26.0. The summed E-state index contributed by atoms with van der Waals surface area (Å²) >= 11 is 0. The van der Waals surface area contributed by atoms with Crippen LogP contribution in [0.3, 0.4) is 0 Å². The van der Waals surface area contributed by atoms with E-state index in [1.54, 1.807) is 6.92 Å². The van der Waals surface area contributed by atoms with E-state index < -0.39 is 23.6 Å². The molecule has 10 heteroatoms. The molecule has 132 valence electrons. The topological polar surface area (TPSA) is 94.4 Å². The second-order valence-corrected chi connectivity index (χ2v) is 5.00. The molecule has 1 aromatic heterocycles. The van der Waals surface area contributed by atoms with Crippen LogP contribution in [0.15, 0.2) is 36.5 Å². The van der Waals surface area contributed by atoms with E-state index in [0.29, 0.717) is 5.56 Å². The molecule has 0 radical (unpaired) electrons. The molecule has 0 saturated carbocycles. The number of halogens is 3. The van der Waals surface area contributed by atoms with Crippen LogP contribution in [0.2, 0.25) is 0 Å². The number of hydrogen-bond acceptors (Lipinski definition) is 5. The number of nitro benzene ring substituents is 1. The number of benzene rings is 1. The highest BCUT2D eigenvalue weighted by Crippen LogP contribution is 2.23. The molecule has 0 fully saturated rings. The Balaban J connectivity index is 2.06. The van der Waals surface area contributed by atoms with Gasteiger partial charge in [-0.05, 0) is 19.1 Å². The van der Waals surface area contributed by atoms with Crippen molar-refractivity contribution in [3.05, 3.63) is 57.8 Å². The van der Waals surface area contributed by atoms with Crippen LogP contribution in [0.1, 0.15) is 15.9 Å². The third kappa shape index (κ3) is 5.16. The van der Waals surface area contributed by atoms with E-state index in [-0.39, 0.29) is 22.8 Å². The van der Waals surface area contributed by atoms with E-state index in [1.807, 2.05) is 0 Å². The highest BCUT2D eigenvalue weighted by Gasteiger charge is 2.28. The monoisotopic (exact) mass is 355 g/mol. The van der Waals surface area contributed by atoms with Gasteiger partial charge in [0, 0.05) is 29.6 Å². The van der Waals surface area contributed by atoms with Gasteiger partial charge in [-0.3, -0.25) is 14.9 Å². The van der Waals surface area contributed by atoms with Gasteiger partial charge in [0.15, 0.2) is 6.61 Å². The molecule has 0 saturated heterocycles. The molecule has 0 aliphatic carbocycles. The van der Waals surface area contributed by atoms with E-state index in [9.17, 15) is 28.1 Å². The predicted octanol–water partition coefficient (Wildman–Crippen LogP) is 3.49. The fourth-order valence-corrected chi connectivity index (χ4v) is 1.84. The number of nitrogens with zero attached hydrogens (tertiary/aromatic N) is 2. The van der Waals surface area contributed by atoms with Crippen LogP contribution in [-0.2, 0) is 0 Å². The van der Waals surface area contributed by atoms with Gasteiger partial charge in [0.25, 0.3) is 11.6 Å². The van der Waals surface area contributed by atoms with Crippen molar-refractivity contribution in [1.29, 1.82) is 0 Å². The number of ether oxygens (including phenoxy) is 1. The number of anilines is 1. The zero-order chi connectivity index (χ0) is 18.6. The highest BCUT2D eigenvalue weighted by molar-refractivity contribution is 6.04. The molecule has 0 aliphatic rings. The third-order valence-corrected chi connectivity index (χ3v) is 3.05. The quantitative estimate of drug-likeness (QED) is 0.654. The number of alkyl halides is 3. The fourth-order valence-electron chi connectivity index (χ4n) is 1.84. The van der Waals surface area contributed by atoms with Crippen LogP contribution in [0.5, 0.6) is 5.88 Å². The molecule has 0 bridgehead atoms. The van der Waals surface area contributed by atoms with Gasteiger partial charge in [0.1, 0.15) is 0 Å². The van der Waals surface area contributed by atoms with Crippen molar-refractivity contribution < 1.29 is 27.6 Å². The van der Waals surface area contributed by atoms with E-state index in [2.05, 4.69) is 15.0 Å². The lowest BCUT2D eigenvalue weighted by Gasteiger charge is -2.09. The predicted molar refractivity (Wildman–Crippen MR) is 81.6 cm³/mol. The second kappa shape index (κ2) is 7.16. The van der Waals surface area contributed by atoms with Crippen molar-refractivity contribution in [2.75, 3.05) is 11.9 Å². The summed E-state index contributed by atoms with van der Waals surface area (Å²) in [6.07, 6.45) is -3.44. The largest absolute Gasteiger partial charge is 0.468 e. The van der Waals surface area contributed by atoms with Crippen LogP contribution < -0.4 is 10.1 Å². The van der Waals surface area contributed by atoms with E-state index in [1.165, 1.54) is 24.3 Å². The first-order valence-electron chi connectivity index (χ1n) is 6.88. The first-order chi connectivity index (χ1) is 11.7. The van der Waals surface area contributed by atoms with E-state index in [4.69, 9.17) is 0 Å². The Labute approximate surface area is 139 Å². The maximum Gasteiger partial charge on any atom is 0.422 e. The highest BCUT2D eigenvalue weighted by atomic mass is 19.4. The van der Waals surface area contributed by atoms with Crippen LogP contribution in [-0.4, -0.2) is 28.6 Å². The van der Waals surface area contributed by atoms with Crippen molar-refractivity contribution in [3.8, 4) is 5.88 Å². The maximum absolute atomic E-state index is 12.1. The van der Waals surface area contributed by atoms with Gasteiger partial charge < -0.3 is 10.1 Å². The van der Waals surface area contributed by atoms with Crippen molar-refractivity contribution in [2.45, 2.75) is 13.1 Å². The van der Waals surface area contributed by atoms with Crippen molar-refractivity contribution in [2.24, 2.45) is 0 Å². The van der Waals surface area contributed by atoms with Crippen molar-refractivity contribution >= 4 is 17.3 Å². The molecule has 0 unspecified atom stereocenters. The molecule has 7 nitrogen and oxygen atoms in total. The lowest BCUT2D eigenvalue weighted by atomic mass is 10.2. The van der Waals surface area contributed by atoms with Crippen LogP contribution in [0.25, 0.3) is 0 Å². The summed E-state index contributed by atoms with van der Waals surface area (Å²) in [6, 6.07) is 6.55. The second-order valence-electron chi connectivity index (χ2n) is 5.00. The Morgan fingerprint density at radius 2 is 2.04 bits per heavy atom. The number of nitro groups is 1. The zero-order valence-electron chi connectivity index (χ0n) is 12.8. The summed E-state index contributed by atoms with van der Waals surface area (Å²) < 4.78 is 40.6. The van der Waals surface area contributed by atoms with Gasteiger partial charge in [0.05, 0.1) is 10.5 Å². The molecule has 2 rings (SSSR count). The van der Waals surface area contributed by atoms with Gasteiger partial charge in [-0.2, -0.15) is 13.2 Å². The number of carbonyl (C=O) groups excluding carboxylic acids is 1. The standard InChI is InChI=1S/C15H12F3N3O4/c1-9-2-4-11(6-12(9)21(23)24)20-14(22)10-3-5-13(19-7-10)25-8-15(16,17)18/h2-7H,8H2,1H3,(H,20,22). The lowest BCUT2D eigenvalue weighted by molar-refractivity contribution is -0.385. The Hall–Kier alpha value is -3.17. The van der Waals surface area contributed by atoms with Gasteiger partial charge >= 0.3 is 6.18 Å². The average Bonchev–Trinajstić information content (AvgIpc) is 2.54. The number of nitrogens with one attached hydrogen (secondary N) is 1. The number of pyridine rings is 1. The fraction of sp³-hybridized carbons (Fsp3) is 0.200. The zero-order valence-corrected chi connectivity index (χ0v) is 12.8. The Morgan fingerprint density at radius 1 is 1.32 bits per heavy atom. The molecule has 1 heterocycles. The summed E-state index contributed by atoms with van der Waals surface area (Å²) in [7, 11) is 0. The van der Waals surface area contributed by atoms with Crippen LogP contribution >= 0.6 is 0 Å². The van der Waals surface area contributed by atoms with Gasteiger partial charge in [-0.15, -0.1) is 0 Å². The average molecular weight is 355 g/mol. The summed E-state index contributed by atoms with van der Waals surface area (Å²) in [5, 5.41) is 13.3. The van der Waals surface area contributed by atoms with Gasteiger partial charge in [-0.25, -0.2) is 4.98 Å². The molecule has 1 amide bonds. The minimum absolute atomic E-state index is 0.0580. The smallest absolute Gasteiger partial charge is 0.422 e. The van der Waals surface area contributed by atoms with Crippen molar-refractivity contribution in [1.82, 2.24) is 4.98 Å². The maximum atomic E-state index is 12.1. The lowest BCUT2D eigenvalue weighted by Crippen LogP contribution is -2.19. The number of aromatic nitrogens is 1. The third-order valence-electron chi connectivity index (χ3n) is 3.05. The van der Waals surface area contributed by atoms with E-state index in [0.717, 1.165) is 12.3 Å². The van der Waals surface area contributed by atoms with E-state index >= 15 is 0 Å². The first-order valence-corrected chi connectivity index (χ1v) is 6.88. The molecule has 2 aromatic rings. The normalized spacial score (nSPS) is 11.0. The summed E-state index contributed by atoms with van der Waals surface area (Å²) in [5.74, 6) is -0.895.